The van der Waals surface area contributed by atoms with Gasteiger partial charge in [0.15, 0.2) is 0 Å². The third kappa shape index (κ3) is 1.82. The predicted octanol–water partition coefficient (Wildman–Crippen LogP) is 0.809. The normalized spacial score (nSPS) is 12.2. The van der Waals surface area contributed by atoms with Gasteiger partial charge in [0.05, 0.1) is 6.21 Å². The van der Waals surface area contributed by atoms with Crippen LogP contribution in [-0.4, -0.2) is 17.1 Å². The topological polar surface area (TPSA) is 71.0 Å². The van der Waals surface area contributed by atoms with E-state index in [2.05, 4.69) is 10.3 Å². The van der Waals surface area contributed by atoms with Crippen LogP contribution in [0.2, 0.25) is 0 Å². The Kier molecular flexibility index (Phi) is 2.84. The van der Waals surface area contributed by atoms with Gasteiger partial charge in [-0.1, -0.05) is 35.5 Å². The summed E-state index contributed by atoms with van der Waals surface area (Å²) < 4.78 is 0. The Balaban J connectivity index is 2.97. The highest BCUT2D eigenvalue weighted by molar-refractivity contribution is 6.37. The molecule has 0 atom stereocenters. The summed E-state index contributed by atoms with van der Waals surface area (Å²) in [5.41, 5.74) is 1.12. The van der Waals surface area contributed by atoms with Crippen LogP contribution in [0.1, 0.15) is 5.56 Å². The molecule has 0 saturated carbocycles. The zero-order valence-corrected chi connectivity index (χ0v) is 6.38. The molecule has 4 heteroatoms. The number of rotatable bonds is 2. The molecular weight excluding hydrogens is 154 g/mol. The van der Waals surface area contributed by atoms with Crippen LogP contribution in [0.3, 0.4) is 0 Å². The summed E-state index contributed by atoms with van der Waals surface area (Å²) in [6, 6.07) is 9.15. The lowest BCUT2D eigenvalue weighted by molar-refractivity contribution is 0.320. The van der Waals surface area contributed by atoms with Crippen molar-refractivity contribution < 1.29 is 5.21 Å². The van der Waals surface area contributed by atoms with Crippen LogP contribution in [0.15, 0.2) is 40.6 Å². The fourth-order valence-corrected chi connectivity index (χ4v) is 0.838. The Morgan fingerprint density at radius 1 is 1.33 bits per heavy atom. The van der Waals surface area contributed by atoms with Gasteiger partial charge < -0.3 is 11.0 Å². The first-order valence-corrected chi connectivity index (χ1v) is 3.39. The summed E-state index contributed by atoms with van der Waals surface area (Å²) in [4.78, 5) is 0. The molecule has 0 saturated heterocycles. The van der Waals surface area contributed by atoms with E-state index in [4.69, 9.17) is 11.0 Å². The summed E-state index contributed by atoms with van der Waals surface area (Å²) in [5.74, 6) is 4.92. The first kappa shape index (κ1) is 8.26. The lowest BCUT2D eigenvalue weighted by Gasteiger charge is -1.95. The Hall–Kier alpha value is -1.84. The second-order valence-corrected chi connectivity index (χ2v) is 2.13. The van der Waals surface area contributed by atoms with Crippen LogP contribution in [0, 0.1) is 0 Å². The van der Waals surface area contributed by atoms with Gasteiger partial charge in [-0.05, 0) is 0 Å². The van der Waals surface area contributed by atoms with Crippen LogP contribution in [0.25, 0.3) is 0 Å². The first-order chi connectivity index (χ1) is 5.88. The summed E-state index contributed by atoms with van der Waals surface area (Å²) in [6.45, 7) is 0. The number of nitrogens with zero attached hydrogens (tertiary/aromatic N) is 2. The van der Waals surface area contributed by atoms with Gasteiger partial charge in [-0.2, -0.15) is 5.10 Å². The standard InChI is InChI=1S/C8H9N3O/c9-10-6-8(11-12)7-4-2-1-3-5-7/h1-6,12H,9H2. The largest absolute Gasteiger partial charge is 0.410 e. The Morgan fingerprint density at radius 3 is 2.50 bits per heavy atom. The van der Waals surface area contributed by atoms with E-state index in [1.165, 1.54) is 6.21 Å². The van der Waals surface area contributed by atoms with E-state index < -0.39 is 0 Å². The van der Waals surface area contributed by atoms with Crippen molar-refractivity contribution >= 4 is 11.9 Å². The average molecular weight is 163 g/mol. The molecule has 0 aromatic heterocycles. The SMILES string of the molecule is NN=CC(=NO)c1ccccc1. The maximum atomic E-state index is 8.55. The smallest absolute Gasteiger partial charge is 0.129 e. The lowest BCUT2D eigenvalue weighted by atomic mass is 10.1. The molecule has 0 fully saturated rings. The van der Waals surface area contributed by atoms with Gasteiger partial charge in [-0.3, -0.25) is 0 Å². The van der Waals surface area contributed by atoms with Crippen LogP contribution in [0.5, 0.6) is 0 Å². The summed E-state index contributed by atoms with van der Waals surface area (Å²) >= 11 is 0. The van der Waals surface area contributed by atoms with E-state index in [0.29, 0.717) is 5.71 Å². The molecule has 1 aromatic carbocycles. The van der Waals surface area contributed by atoms with E-state index >= 15 is 0 Å². The van der Waals surface area contributed by atoms with E-state index in [0.717, 1.165) is 5.56 Å². The molecule has 0 aliphatic heterocycles. The molecule has 0 unspecified atom stereocenters. The second kappa shape index (κ2) is 4.12. The molecule has 1 aromatic rings. The van der Waals surface area contributed by atoms with Crippen molar-refractivity contribution in [2.75, 3.05) is 0 Å². The summed E-state index contributed by atoms with van der Waals surface area (Å²) in [6.07, 6.45) is 1.29. The van der Waals surface area contributed by atoms with Crippen molar-refractivity contribution in [2.24, 2.45) is 16.1 Å². The van der Waals surface area contributed by atoms with Crippen LogP contribution < -0.4 is 5.84 Å². The molecule has 0 spiro atoms. The van der Waals surface area contributed by atoms with Gasteiger partial charge in [0.1, 0.15) is 5.71 Å². The van der Waals surface area contributed by atoms with Gasteiger partial charge >= 0.3 is 0 Å². The van der Waals surface area contributed by atoms with Crippen LogP contribution >= 0.6 is 0 Å². The van der Waals surface area contributed by atoms with E-state index in [1.807, 2.05) is 18.2 Å². The minimum Gasteiger partial charge on any atom is -0.410 e. The number of hydrogen-bond donors (Lipinski definition) is 2. The molecule has 62 valence electrons. The molecule has 0 amide bonds. The maximum absolute atomic E-state index is 8.55. The second-order valence-electron chi connectivity index (χ2n) is 2.13. The van der Waals surface area contributed by atoms with Crippen molar-refractivity contribution in [1.82, 2.24) is 0 Å². The van der Waals surface area contributed by atoms with Crippen molar-refractivity contribution in [2.45, 2.75) is 0 Å². The molecule has 4 nitrogen and oxygen atoms in total. The van der Waals surface area contributed by atoms with E-state index in [-0.39, 0.29) is 0 Å². The molecule has 0 radical (unpaired) electrons. The third-order valence-electron chi connectivity index (χ3n) is 1.37. The maximum Gasteiger partial charge on any atom is 0.129 e. The quantitative estimate of drug-likeness (QED) is 0.293. The highest BCUT2D eigenvalue weighted by Crippen LogP contribution is 1.98. The molecule has 3 N–H and O–H groups in total. The Morgan fingerprint density at radius 2 is 2.00 bits per heavy atom. The molecule has 1 rings (SSSR count). The lowest BCUT2D eigenvalue weighted by Crippen LogP contribution is -2.03. The molecule has 0 aliphatic carbocycles. The van der Waals surface area contributed by atoms with Crippen LogP contribution in [-0.2, 0) is 0 Å². The molecule has 0 heterocycles. The summed E-state index contributed by atoms with van der Waals surface area (Å²) in [7, 11) is 0. The van der Waals surface area contributed by atoms with Gasteiger partial charge in [-0.15, -0.1) is 0 Å². The van der Waals surface area contributed by atoms with Crippen LogP contribution in [0.4, 0.5) is 0 Å². The fourth-order valence-electron chi connectivity index (χ4n) is 0.838. The molecular formula is C8H9N3O. The first-order valence-electron chi connectivity index (χ1n) is 3.39. The van der Waals surface area contributed by atoms with Crippen molar-refractivity contribution in [3.63, 3.8) is 0 Å². The molecule has 0 aliphatic rings. The average Bonchev–Trinajstić information content (AvgIpc) is 2.15. The molecule has 12 heavy (non-hydrogen) atoms. The van der Waals surface area contributed by atoms with Crippen molar-refractivity contribution in [3.8, 4) is 0 Å². The number of nitrogens with two attached hydrogens (primary N) is 1. The van der Waals surface area contributed by atoms with E-state index in [9.17, 15) is 0 Å². The highest BCUT2D eigenvalue weighted by atomic mass is 16.4. The zero-order valence-electron chi connectivity index (χ0n) is 6.38. The zero-order chi connectivity index (χ0) is 8.81. The predicted molar refractivity (Wildman–Crippen MR) is 47.4 cm³/mol. The number of hydrazone groups is 1. The Bertz CT molecular complexity index is 292. The summed E-state index contributed by atoms with van der Waals surface area (Å²) in [5, 5.41) is 14.9. The minimum absolute atomic E-state index is 0.345. The van der Waals surface area contributed by atoms with Gasteiger partial charge in [0.25, 0.3) is 0 Å². The highest BCUT2D eigenvalue weighted by Gasteiger charge is 1.98. The van der Waals surface area contributed by atoms with Crippen molar-refractivity contribution in [3.05, 3.63) is 35.9 Å². The number of hydrogen-bond acceptors (Lipinski definition) is 4. The number of benzene rings is 1. The molecule has 0 bridgehead atoms. The van der Waals surface area contributed by atoms with E-state index in [1.54, 1.807) is 12.1 Å². The fraction of sp³-hybridized carbons (Fsp3) is 0. The minimum atomic E-state index is 0.345. The van der Waals surface area contributed by atoms with Gasteiger partial charge in [0.2, 0.25) is 0 Å². The third-order valence-corrected chi connectivity index (χ3v) is 1.37. The van der Waals surface area contributed by atoms with Gasteiger partial charge in [0, 0.05) is 5.56 Å². The number of oxime groups is 1. The van der Waals surface area contributed by atoms with Crippen molar-refractivity contribution in [1.29, 1.82) is 0 Å². The Labute approximate surface area is 70.0 Å². The monoisotopic (exact) mass is 163 g/mol. The van der Waals surface area contributed by atoms with Gasteiger partial charge in [-0.25, -0.2) is 0 Å².